The number of aromatic nitrogens is 1. The molecule has 2 amide bonds. The van der Waals surface area contributed by atoms with Crippen LogP contribution in [0.5, 0.6) is 0 Å². The highest BCUT2D eigenvalue weighted by Crippen LogP contribution is 2.38. The molecule has 1 aromatic heterocycles. The summed E-state index contributed by atoms with van der Waals surface area (Å²) in [6.45, 7) is 11.3. The predicted octanol–water partition coefficient (Wildman–Crippen LogP) is 5.52. The van der Waals surface area contributed by atoms with Gasteiger partial charge in [-0.1, -0.05) is 49.7 Å². The highest BCUT2D eigenvalue weighted by Gasteiger charge is 2.28. The lowest BCUT2D eigenvalue weighted by molar-refractivity contribution is -0.110. The number of rotatable bonds is 8. The Morgan fingerprint density at radius 2 is 1.77 bits per heavy atom. The summed E-state index contributed by atoms with van der Waals surface area (Å²) in [5.74, 6) is -0.304. The third-order valence-corrected chi connectivity index (χ3v) is 6.76. The maximum Gasteiger partial charge on any atom is 0.256 e. The number of anilines is 1. The largest absolute Gasteiger partial charge is 0.358 e. The third-order valence-electron chi connectivity index (χ3n) is 6.51. The molecule has 1 aliphatic heterocycles. The van der Waals surface area contributed by atoms with Crippen LogP contribution in [0.25, 0.3) is 22.8 Å². The van der Waals surface area contributed by atoms with E-state index in [9.17, 15) is 9.59 Å². The molecule has 0 bridgehead atoms. The number of carbonyl (C=O) groups excluding carboxylic acids is 2. The Hall–Kier alpha value is -3.35. The van der Waals surface area contributed by atoms with Crippen LogP contribution in [0.15, 0.2) is 42.5 Å². The molecule has 0 unspecified atom stereocenters. The molecule has 7 heteroatoms. The maximum absolute atomic E-state index is 13.4. The first-order chi connectivity index (χ1) is 16.8. The van der Waals surface area contributed by atoms with E-state index in [0.717, 1.165) is 53.3 Å². The smallest absolute Gasteiger partial charge is 0.256 e. The normalized spacial score (nSPS) is 13.9. The molecule has 0 spiro atoms. The monoisotopic (exact) mass is 490 g/mol. The van der Waals surface area contributed by atoms with Gasteiger partial charge in [-0.2, -0.15) is 0 Å². The summed E-state index contributed by atoms with van der Waals surface area (Å²) in [5.41, 5.74) is 6.89. The minimum absolute atomic E-state index is 0.145. The van der Waals surface area contributed by atoms with Crippen molar-refractivity contribution in [1.29, 1.82) is 0 Å². The van der Waals surface area contributed by atoms with Crippen molar-refractivity contribution in [3.8, 4) is 11.1 Å². The fourth-order valence-corrected chi connectivity index (χ4v) is 4.75. The van der Waals surface area contributed by atoms with Gasteiger partial charge in [0, 0.05) is 46.3 Å². The molecule has 2 heterocycles. The molecule has 0 radical (unpaired) electrons. The number of nitrogens with zero attached hydrogens (tertiary/aromatic N) is 1. The van der Waals surface area contributed by atoms with Crippen molar-refractivity contribution in [2.24, 2.45) is 0 Å². The van der Waals surface area contributed by atoms with Crippen molar-refractivity contribution in [3.63, 3.8) is 0 Å². The van der Waals surface area contributed by atoms with Gasteiger partial charge >= 0.3 is 0 Å². The Balaban J connectivity index is 1.78. The van der Waals surface area contributed by atoms with Crippen LogP contribution in [0.4, 0.5) is 5.69 Å². The molecule has 1 aliphatic rings. The Labute approximate surface area is 211 Å². The standard InChI is InChI=1S/C28H31ClN4O2/c1-5-33(6-2)15-14-30-28(35)25-18(4)31-23(26(25)19-10-12-20(29)13-11-19)16-21-24-17(3)8-7-9-22(24)32-27(21)34/h7-13,16,31H,5-6,14-15H2,1-4H3,(H,30,35)(H,32,34). The van der Waals surface area contributed by atoms with E-state index in [4.69, 9.17) is 11.6 Å². The van der Waals surface area contributed by atoms with Gasteiger partial charge in [0.05, 0.1) is 11.1 Å². The topological polar surface area (TPSA) is 77.2 Å². The molecule has 6 nitrogen and oxygen atoms in total. The van der Waals surface area contributed by atoms with Gasteiger partial charge < -0.3 is 20.5 Å². The van der Waals surface area contributed by atoms with Crippen LogP contribution >= 0.6 is 11.6 Å². The lowest BCUT2D eigenvalue weighted by atomic mass is 9.96. The molecule has 0 saturated heterocycles. The number of amides is 2. The number of hydrogen-bond donors (Lipinski definition) is 3. The van der Waals surface area contributed by atoms with Crippen LogP contribution < -0.4 is 10.6 Å². The van der Waals surface area contributed by atoms with E-state index in [1.54, 1.807) is 12.1 Å². The molecular formula is C28H31ClN4O2. The highest BCUT2D eigenvalue weighted by atomic mass is 35.5. The van der Waals surface area contributed by atoms with Crippen LogP contribution in [0, 0.1) is 13.8 Å². The summed E-state index contributed by atoms with van der Waals surface area (Å²) in [6, 6.07) is 13.2. The van der Waals surface area contributed by atoms with Crippen molar-refractivity contribution >= 4 is 40.8 Å². The first-order valence-corrected chi connectivity index (χ1v) is 12.3. The molecule has 35 heavy (non-hydrogen) atoms. The number of nitrogens with one attached hydrogen (secondary N) is 3. The average Bonchev–Trinajstić information content (AvgIpc) is 3.34. The van der Waals surface area contributed by atoms with Crippen molar-refractivity contribution < 1.29 is 9.59 Å². The first-order valence-electron chi connectivity index (χ1n) is 12.0. The zero-order valence-corrected chi connectivity index (χ0v) is 21.3. The zero-order valence-electron chi connectivity index (χ0n) is 20.6. The summed E-state index contributed by atoms with van der Waals surface area (Å²) >= 11 is 6.15. The van der Waals surface area contributed by atoms with E-state index < -0.39 is 0 Å². The molecule has 0 aliphatic carbocycles. The summed E-state index contributed by atoms with van der Waals surface area (Å²) in [4.78, 5) is 31.9. The predicted molar refractivity (Wildman–Crippen MR) is 144 cm³/mol. The maximum atomic E-state index is 13.4. The molecule has 3 N–H and O–H groups in total. The number of fused-ring (bicyclic) bond motifs is 1. The Bertz CT molecular complexity index is 1290. The highest BCUT2D eigenvalue weighted by molar-refractivity contribution is 6.35. The van der Waals surface area contributed by atoms with E-state index >= 15 is 0 Å². The number of aryl methyl sites for hydroxylation is 2. The van der Waals surface area contributed by atoms with Crippen molar-refractivity contribution in [2.75, 3.05) is 31.5 Å². The third kappa shape index (κ3) is 5.04. The van der Waals surface area contributed by atoms with Gasteiger partial charge in [0.25, 0.3) is 11.8 Å². The fourth-order valence-electron chi connectivity index (χ4n) is 4.63. The van der Waals surface area contributed by atoms with Gasteiger partial charge in [0.1, 0.15) is 0 Å². The quantitative estimate of drug-likeness (QED) is 0.364. The van der Waals surface area contributed by atoms with Crippen molar-refractivity contribution in [3.05, 3.63) is 75.6 Å². The summed E-state index contributed by atoms with van der Waals surface area (Å²) < 4.78 is 0. The van der Waals surface area contributed by atoms with E-state index in [-0.39, 0.29) is 11.8 Å². The van der Waals surface area contributed by atoms with Crippen molar-refractivity contribution in [1.82, 2.24) is 15.2 Å². The number of likely N-dealkylation sites (N-methyl/N-ethyl adjacent to an activating group) is 1. The van der Waals surface area contributed by atoms with Gasteiger partial charge in [0.15, 0.2) is 0 Å². The van der Waals surface area contributed by atoms with E-state index in [2.05, 4.69) is 34.4 Å². The molecule has 2 aromatic carbocycles. The van der Waals surface area contributed by atoms with E-state index in [1.165, 1.54) is 0 Å². The van der Waals surface area contributed by atoms with Gasteiger partial charge in [-0.05, 0) is 62.3 Å². The lowest BCUT2D eigenvalue weighted by Crippen LogP contribution is -2.35. The SMILES string of the molecule is CCN(CC)CCNC(=O)c1c(C)[nH]c(C=C2C(=O)Nc3cccc(C)c32)c1-c1ccc(Cl)cc1. The fraction of sp³-hybridized carbons (Fsp3) is 0.286. The number of hydrogen-bond acceptors (Lipinski definition) is 3. The van der Waals surface area contributed by atoms with Crippen LogP contribution in [0.2, 0.25) is 5.02 Å². The van der Waals surface area contributed by atoms with Gasteiger partial charge in [-0.3, -0.25) is 9.59 Å². The van der Waals surface area contributed by atoms with Crippen LogP contribution in [-0.4, -0.2) is 47.9 Å². The molecule has 0 saturated carbocycles. The number of H-pyrrole nitrogens is 1. The second-order valence-corrected chi connectivity index (χ2v) is 9.15. The zero-order chi connectivity index (χ0) is 25.1. The number of carbonyl (C=O) groups is 2. The minimum Gasteiger partial charge on any atom is -0.358 e. The summed E-state index contributed by atoms with van der Waals surface area (Å²) in [7, 11) is 0. The van der Waals surface area contributed by atoms with Gasteiger partial charge in [-0.25, -0.2) is 0 Å². The number of halogens is 1. The molecule has 4 rings (SSSR count). The minimum atomic E-state index is -0.158. The second kappa shape index (κ2) is 10.5. The molecular weight excluding hydrogens is 460 g/mol. The van der Waals surface area contributed by atoms with Crippen LogP contribution in [-0.2, 0) is 4.79 Å². The molecule has 0 fully saturated rings. The Kier molecular flexibility index (Phi) is 7.43. The van der Waals surface area contributed by atoms with Gasteiger partial charge in [0.2, 0.25) is 0 Å². The van der Waals surface area contributed by atoms with E-state index in [1.807, 2.05) is 50.3 Å². The van der Waals surface area contributed by atoms with Gasteiger partial charge in [-0.15, -0.1) is 0 Å². The lowest BCUT2D eigenvalue weighted by Gasteiger charge is -2.18. The van der Waals surface area contributed by atoms with Crippen LogP contribution in [0.3, 0.4) is 0 Å². The van der Waals surface area contributed by atoms with Crippen molar-refractivity contribution in [2.45, 2.75) is 27.7 Å². The number of benzene rings is 2. The number of aromatic amines is 1. The molecule has 0 atom stereocenters. The Morgan fingerprint density at radius 1 is 1.06 bits per heavy atom. The summed E-state index contributed by atoms with van der Waals surface area (Å²) in [6.07, 6.45) is 1.85. The molecule has 3 aromatic rings. The average molecular weight is 491 g/mol. The molecule has 182 valence electrons. The summed E-state index contributed by atoms with van der Waals surface area (Å²) in [5, 5.41) is 6.64. The van der Waals surface area contributed by atoms with E-state index in [0.29, 0.717) is 28.4 Å². The second-order valence-electron chi connectivity index (χ2n) is 8.71. The first kappa shape index (κ1) is 24.8. The van der Waals surface area contributed by atoms with Crippen LogP contribution in [0.1, 0.15) is 46.7 Å². The Morgan fingerprint density at radius 3 is 2.46 bits per heavy atom.